The monoisotopic (exact) mass is 441 g/mol. The number of aromatic hydroxyl groups is 1. The minimum atomic E-state index is -1.27. The third-order valence-corrected chi connectivity index (χ3v) is 7.54. The summed E-state index contributed by atoms with van der Waals surface area (Å²) in [6.45, 7) is 1.68. The van der Waals surface area contributed by atoms with Gasteiger partial charge in [-0.1, -0.05) is 0 Å². The van der Waals surface area contributed by atoms with E-state index in [1.54, 1.807) is 39.0 Å². The van der Waals surface area contributed by atoms with E-state index in [4.69, 9.17) is 5.73 Å². The maximum atomic E-state index is 13.7. The van der Waals surface area contributed by atoms with Crippen LogP contribution in [-0.2, 0) is 20.8 Å². The summed E-state index contributed by atoms with van der Waals surface area (Å²) >= 11 is 0. The van der Waals surface area contributed by atoms with Crippen LogP contribution in [0, 0.1) is 17.8 Å². The molecule has 32 heavy (non-hydrogen) atoms. The van der Waals surface area contributed by atoms with Crippen LogP contribution in [0.3, 0.4) is 0 Å². The van der Waals surface area contributed by atoms with Gasteiger partial charge in [-0.3, -0.25) is 19.3 Å². The number of fused-ring (bicyclic) bond motifs is 3. The van der Waals surface area contributed by atoms with E-state index in [2.05, 4.69) is 5.32 Å². The van der Waals surface area contributed by atoms with Gasteiger partial charge in [0.25, 0.3) is 5.91 Å². The highest BCUT2D eigenvalue weighted by Gasteiger charge is 2.60. The molecular formula is C23H27N3O6. The molecule has 4 unspecified atom stereocenters. The van der Waals surface area contributed by atoms with Gasteiger partial charge in [0, 0.05) is 24.2 Å². The summed E-state index contributed by atoms with van der Waals surface area (Å²) in [5.74, 6) is -5.83. The number of likely N-dealkylation sites (N-methyl/N-ethyl adjacent to an activating group) is 1. The molecule has 3 aliphatic carbocycles. The maximum Gasteiger partial charge on any atom is 0.255 e. The molecule has 170 valence electrons. The van der Waals surface area contributed by atoms with Crippen molar-refractivity contribution in [2.75, 3.05) is 26.5 Å². The van der Waals surface area contributed by atoms with Crippen molar-refractivity contribution in [2.24, 2.45) is 23.5 Å². The fourth-order valence-electron chi connectivity index (χ4n) is 5.67. The van der Waals surface area contributed by atoms with E-state index >= 15 is 0 Å². The summed E-state index contributed by atoms with van der Waals surface area (Å²) in [5.41, 5.74) is 5.27. The van der Waals surface area contributed by atoms with E-state index in [-0.39, 0.29) is 22.6 Å². The van der Waals surface area contributed by atoms with Gasteiger partial charge in [0.2, 0.25) is 0 Å². The number of hydrogen-bond donors (Lipinski definition) is 5. The van der Waals surface area contributed by atoms with Crippen LogP contribution >= 0.6 is 0 Å². The highest BCUT2D eigenvalue weighted by Crippen LogP contribution is 2.54. The van der Waals surface area contributed by atoms with Crippen LogP contribution < -0.4 is 11.1 Å². The fourth-order valence-corrected chi connectivity index (χ4v) is 5.67. The van der Waals surface area contributed by atoms with Crippen molar-refractivity contribution in [3.8, 4) is 5.75 Å². The summed E-state index contributed by atoms with van der Waals surface area (Å²) in [6, 6.07) is 3.13. The number of amides is 1. The lowest BCUT2D eigenvalue weighted by Gasteiger charge is -2.52. The molecule has 0 saturated heterocycles. The third kappa shape index (κ3) is 2.63. The van der Waals surface area contributed by atoms with E-state index in [1.807, 2.05) is 0 Å². The normalized spacial score (nSPS) is 29.6. The molecule has 9 heteroatoms. The minimum Gasteiger partial charge on any atom is -0.509 e. The van der Waals surface area contributed by atoms with E-state index in [1.165, 1.54) is 6.07 Å². The van der Waals surface area contributed by atoms with Crippen LogP contribution in [0.25, 0.3) is 5.76 Å². The first-order valence-corrected chi connectivity index (χ1v) is 10.4. The first-order valence-electron chi connectivity index (χ1n) is 10.4. The van der Waals surface area contributed by atoms with E-state index in [9.17, 15) is 29.7 Å². The number of nitrogens with one attached hydrogen (secondary N) is 1. The highest BCUT2D eigenvalue weighted by molar-refractivity contribution is 6.28. The van der Waals surface area contributed by atoms with Gasteiger partial charge >= 0.3 is 0 Å². The number of anilines is 1. The molecule has 0 heterocycles. The number of nitrogens with zero attached hydrogens (tertiary/aromatic N) is 1. The molecule has 1 aromatic rings. The van der Waals surface area contributed by atoms with Crippen molar-refractivity contribution in [1.29, 1.82) is 0 Å². The van der Waals surface area contributed by atoms with Gasteiger partial charge in [-0.15, -0.1) is 0 Å². The largest absolute Gasteiger partial charge is 0.509 e. The standard InChI is InChI=1S/C23H27N3O6/c1-23(26(3)4)11-8-9-7-10-12(25-2)5-6-13(27)15(10)18(28)14(9)19(29)16(11)20(30)17(21(23)31)22(24)32/h5-6,9,11,16,25,27-28,31H,7-8H2,1-4H3,(H2,24,32). The quantitative estimate of drug-likeness (QED) is 0.267. The number of aliphatic hydroxyl groups is 2. The number of phenolic OH excluding ortho intramolecular Hbond substituents is 1. The van der Waals surface area contributed by atoms with Gasteiger partial charge in [-0.05, 0) is 57.5 Å². The number of nitrogens with two attached hydrogens (primary N) is 1. The van der Waals surface area contributed by atoms with Gasteiger partial charge in [0.1, 0.15) is 22.8 Å². The molecule has 0 aromatic heterocycles. The first-order chi connectivity index (χ1) is 15.0. The maximum absolute atomic E-state index is 13.7. The van der Waals surface area contributed by atoms with Crippen molar-refractivity contribution in [3.05, 3.63) is 40.2 Å². The van der Waals surface area contributed by atoms with Gasteiger partial charge in [0.15, 0.2) is 11.6 Å². The van der Waals surface area contributed by atoms with Crippen molar-refractivity contribution < 1.29 is 29.7 Å². The Morgan fingerprint density at radius 3 is 2.41 bits per heavy atom. The van der Waals surface area contributed by atoms with E-state index in [0.29, 0.717) is 24.1 Å². The molecular weight excluding hydrogens is 414 g/mol. The molecule has 0 spiro atoms. The second-order valence-corrected chi connectivity index (χ2v) is 9.08. The lowest BCUT2D eigenvalue weighted by molar-refractivity contribution is -0.139. The van der Waals surface area contributed by atoms with Crippen molar-refractivity contribution in [2.45, 2.75) is 25.3 Å². The number of allylic oxidation sites excluding steroid dienone is 1. The number of carbonyl (C=O) groups is 3. The van der Waals surface area contributed by atoms with Crippen molar-refractivity contribution >= 4 is 28.9 Å². The Bertz CT molecular complexity index is 1130. The van der Waals surface area contributed by atoms with E-state index < -0.39 is 52.1 Å². The molecule has 6 N–H and O–H groups in total. The zero-order chi connectivity index (χ0) is 23.7. The molecule has 0 bridgehead atoms. The average Bonchev–Trinajstić information content (AvgIpc) is 2.71. The highest BCUT2D eigenvalue weighted by atomic mass is 16.3. The molecule has 1 amide bonds. The second-order valence-electron chi connectivity index (χ2n) is 9.08. The molecule has 9 nitrogen and oxygen atoms in total. The Hall–Kier alpha value is -3.33. The summed E-state index contributed by atoms with van der Waals surface area (Å²) in [5, 5.41) is 35.5. The van der Waals surface area contributed by atoms with Crippen LogP contribution in [0.4, 0.5) is 5.69 Å². The number of phenols is 1. The Labute approximate surface area is 185 Å². The molecule has 4 atom stereocenters. The molecule has 1 saturated carbocycles. The van der Waals surface area contributed by atoms with Crippen LogP contribution in [0.15, 0.2) is 29.0 Å². The number of hydrogen-bond acceptors (Lipinski definition) is 8. The zero-order valence-electron chi connectivity index (χ0n) is 18.4. The van der Waals surface area contributed by atoms with Crippen LogP contribution in [0.5, 0.6) is 5.75 Å². The Morgan fingerprint density at radius 2 is 1.84 bits per heavy atom. The lowest BCUT2D eigenvalue weighted by Crippen LogP contribution is -2.62. The molecule has 1 fully saturated rings. The molecule has 0 radical (unpaired) electrons. The number of carbonyl (C=O) groups excluding carboxylic acids is 3. The number of benzene rings is 1. The van der Waals surface area contributed by atoms with Crippen LogP contribution in [0.2, 0.25) is 0 Å². The fraction of sp³-hybridized carbons (Fsp3) is 0.435. The SMILES string of the molecule is CNc1ccc(O)c2c1CC1CC3C(C(=O)C(C(N)=O)=C(O)C3(C)N(C)C)C(=O)C1=C2O. The third-order valence-electron chi connectivity index (χ3n) is 7.54. The summed E-state index contributed by atoms with van der Waals surface area (Å²) in [6.07, 6.45) is 0.670. The topological polar surface area (TPSA) is 153 Å². The smallest absolute Gasteiger partial charge is 0.255 e. The Morgan fingerprint density at radius 1 is 1.19 bits per heavy atom. The molecule has 1 aromatic carbocycles. The first kappa shape index (κ1) is 21.9. The summed E-state index contributed by atoms with van der Waals surface area (Å²) in [7, 11) is 5.12. The van der Waals surface area contributed by atoms with Crippen LogP contribution in [-0.4, -0.2) is 64.4 Å². The van der Waals surface area contributed by atoms with Crippen molar-refractivity contribution in [3.63, 3.8) is 0 Å². The molecule has 4 rings (SSSR count). The van der Waals surface area contributed by atoms with Crippen LogP contribution in [0.1, 0.15) is 24.5 Å². The molecule has 0 aliphatic heterocycles. The van der Waals surface area contributed by atoms with Gasteiger partial charge in [-0.25, -0.2) is 0 Å². The average molecular weight is 441 g/mol. The predicted octanol–water partition coefficient (Wildman–Crippen LogP) is 1.28. The number of aliphatic hydroxyl groups excluding tert-OH is 2. The summed E-state index contributed by atoms with van der Waals surface area (Å²) in [4.78, 5) is 40.6. The van der Waals surface area contributed by atoms with Gasteiger partial charge in [-0.2, -0.15) is 0 Å². The van der Waals surface area contributed by atoms with Gasteiger partial charge in [0.05, 0.1) is 17.0 Å². The lowest BCUT2D eigenvalue weighted by atomic mass is 9.55. The summed E-state index contributed by atoms with van der Waals surface area (Å²) < 4.78 is 0. The Balaban J connectivity index is 1.95. The Kier molecular flexibility index (Phi) is 4.85. The number of ketones is 2. The van der Waals surface area contributed by atoms with Crippen molar-refractivity contribution in [1.82, 2.24) is 4.90 Å². The molecule has 3 aliphatic rings. The minimum absolute atomic E-state index is 0.0713. The second kappa shape index (κ2) is 7.09. The van der Waals surface area contributed by atoms with E-state index in [0.717, 1.165) is 0 Å². The number of Topliss-reactive ketones (excluding diaryl/α,β-unsaturated/α-hetero) is 2. The van der Waals surface area contributed by atoms with Gasteiger partial charge < -0.3 is 26.4 Å². The number of rotatable bonds is 3. The number of primary amides is 1. The zero-order valence-corrected chi connectivity index (χ0v) is 18.4. The predicted molar refractivity (Wildman–Crippen MR) is 117 cm³/mol.